The van der Waals surface area contributed by atoms with Crippen molar-refractivity contribution in [3.63, 3.8) is 0 Å². The number of Topliss-reactive ketones (excluding diaryl/α,β-unsaturated/α-hetero) is 2. The van der Waals surface area contributed by atoms with Gasteiger partial charge in [-0.2, -0.15) is 0 Å². The van der Waals surface area contributed by atoms with Crippen LogP contribution in [0.5, 0.6) is 0 Å². The molecule has 1 aliphatic heterocycles. The molecule has 67 heavy (non-hydrogen) atoms. The third kappa shape index (κ3) is 21.4. The maximum atomic E-state index is 14.3. The molecule has 0 unspecified atom stereocenters. The monoisotopic (exact) mass is 933 g/mol. The van der Waals surface area contributed by atoms with E-state index in [1.165, 1.54) is 13.8 Å². The van der Waals surface area contributed by atoms with Crippen molar-refractivity contribution < 1.29 is 43.2 Å². The highest BCUT2D eigenvalue weighted by molar-refractivity contribution is 5.96. The Hall–Kier alpha value is -6.74. The van der Waals surface area contributed by atoms with Crippen molar-refractivity contribution in [1.82, 2.24) is 42.5 Å². The van der Waals surface area contributed by atoms with Crippen LogP contribution in [0.2, 0.25) is 0 Å². The lowest BCUT2D eigenvalue weighted by Crippen LogP contribution is -2.58. The van der Waals surface area contributed by atoms with Crippen LogP contribution in [-0.4, -0.2) is 128 Å². The summed E-state index contributed by atoms with van der Waals surface area (Å²) in [4.78, 5) is 123. The van der Waals surface area contributed by atoms with E-state index in [9.17, 15) is 43.2 Å². The first-order chi connectivity index (χ1) is 31.9. The third-order valence-corrected chi connectivity index (χ3v) is 10.9. The van der Waals surface area contributed by atoms with E-state index in [1.807, 2.05) is 31.2 Å². The molecule has 21 nitrogen and oxygen atoms in total. The molecule has 366 valence electrons. The highest BCUT2D eigenvalue weighted by atomic mass is 16.2. The van der Waals surface area contributed by atoms with Crippen LogP contribution in [0, 0.1) is 6.92 Å². The van der Waals surface area contributed by atoms with Gasteiger partial charge in [-0.05, 0) is 63.5 Å². The summed E-state index contributed by atoms with van der Waals surface area (Å²) in [7, 11) is 0. The molecule has 0 bridgehead atoms. The molecule has 3 rings (SSSR count). The number of hydrogen-bond donors (Lipinski definition) is 11. The zero-order chi connectivity index (χ0) is 49.3. The molecule has 1 heterocycles. The minimum absolute atomic E-state index is 0.0278. The molecule has 1 saturated heterocycles. The maximum absolute atomic E-state index is 14.3. The summed E-state index contributed by atoms with van der Waals surface area (Å²) in [5, 5.41) is 22.1. The predicted octanol–water partition coefficient (Wildman–Crippen LogP) is -2.06. The Bertz CT molecular complexity index is 2030. The fourth-order valence-electron chi connectivity index (χ4n) is 7.14. The number of primary amides is 1. The number of benzene rings is 2. The van der Waals surface area contributed by atoms with Gasteiger partial charge in [-0.25, -0.2) is 0 Å². The molecule has 2 aromatic rings. The smallest absolute Gasteiger partial charge is 0.243 e. The Morgan fingerprint density at radius 1 is 0.716 bits per heavy atom. The first-order valence-electron chi connectivity index (χ1n) is 22.6. The Balaban J connectivity index is 1.96. The van der Waals surface area contributed by atoms with Gasteiger partial charge in [-0.3, -0.25) is 48.1 Å². The van der Waals surface area contributed by atoms with Crippen molar-refractivity contribution in [1.29, 1.82) is 0 Å². The Labute approximate surface area is 391 Å². The lowest BCUT2D eigenvalue weighted by atomic mass is 10.0. The molecular weight excluding hydrogens is 865 g/mol. The number of aryl methyl sites for hydroxylation is 1. The predicted molar refractivity (Wildman–Crippen MR) is 251 cm³/mol. The first kappa shape index (κ1) is 54.6. The number of aliphatic imine (C=N–C) groups is 1. The van der Waals surface area contributed by atoms with Crippen LogP contribution >= 0.6 is 0 Å². The molecular formula is C46H68N12O9. The molecule has 0 aromatic heterocycles. The molecule has 2 aromatic carbocycles. The van der Waals surface area contributed by atoms with E-state index < -0.39 is 83.4 Å². The number of hydrogen-bond acceptors (Lipinski definition) is 12. The fraction of sp³-hybridized carbons (Fsp3) is 0.522. The molecule has 14 N–H and O–H groups in total. The normalized spacial score (nSPS) is 23.2. The van der Waals surface area contributed by atoms with Gasteiger partial charge in [0.1, 0.15) is 18.1 Å². The molecule has 0 radical (unpaired) electrons. The van der Waals surface area contributed by atoms with E-state index in [4.69, 9.17) is 17.2 Å². The average molecular weight is 933 g/mol. The van der Waals surface area contributed by atoms with Gasteiger partial charge < -0.3 is 59.7 Å². The summed E-state index contributed by atoms with van der Waals surface area (Å²) in [6.07, 6.45) is 0.849. The number of ketones is 2. The summed E-state index contributed by atoms with van der Waals surface area (Å²) in [6.45, 7) is 4.72. The highest BCUT2D eigenvalue weighted by Gasteiger charge is 2.31. The van der Waals surface area contributed by atoms with Gasteiger partial charge in [0, 0.05) is 52.4 Å². The Kier molecular flexibility index (Phi) is 23.6. The minimum Gasteiger partial charge on any atom is -0.370 e. The molecule has 0 saturated carbocycles. The van der Waals surface area contributed by atoms with Gasteiger partial charge in [-0.1, -0.05) is 60.2 Å². The number of nitrogens with two attached hydrogens (primary N) is 3. The van der Waals surface area contributed by atoms with Gasteiger partial charge in [0.25, 0.3) is 0 Å². The molecule has 6 atom stereocenters. The average Bonchev–Trinajstić information content (AvgIpc) is 3.27. The summed E-state index contributed by atoms with van der Waals surface area (Å²) < 4.78 is 0. The van der Waals surface area contributed by atoms with Crippen molar-refractivity contribution in [3.8, 4) is 0 Å². The summed E-state index contributed by atoms with van der Waals surface area (Å²) in [5.74, 6) is -5.29. The van der Waals surface area contributed by atoms with E-state index in [0.717, 1.165) is 11.1 Å². The highest BCUT2D eigenvalue weighted by Crippen LogP contribution is 2.11. The number of rotatable bonds is 10. The van der Waals surface area contributed by atoms with E-state index >= 15 is 0 Å². The molecule has 1 aliphatic rings. The number of carbonyl (C=O) groups is 9. The van der Waals surface area contributed by atoms with Crippen LogP contribution in [-0.2, 0) is 56.0 Å². The van der Waals surface area contributed by atoms with Crippen LogP contribution < -0.4 is 59.7 Å². The van der Waals surface area contributed by atoms with Crippen LogP contribution in [0.4, 0.5) is 0 Å². The molecule has 7 amide bonds. The van der Waals surface area contributed by atoms with Crippen molar-refractivity contribution in [2.75, 3.05) is 32.7 Å². The van der Waals surface area contributed by atoms with Gasteiger partial charge in [0.2, 0.25) is 41.4 Å². The summed E-state index contributed by atoms with van der Waals surface area (Å²) in [5.41, 5.74) is 19.0. The van der Waals surface area contributed by atoms with Crippen LogP contribution in [0.25, 0.3) is 0 Å². The first-order valence-corrected chi connectivity index (χ1v) is 22.6. The SMILES string of the molecule is CC(=O)N[C@H]1CC(=O)NCCCC[C@@H](C(N)=O)NC(=O)CNCCC(=O)[C@H](C)NC(=O)[C@H](CCCN=C(N)N)NC(=O)[C@@H](Cc2ccccc2)NC(=O)[C@H](Cc2ccc(C)cc2)NCCC1=O. The minimum atomic E-state index is -1.21. The van der Waals surface area contributed by atoms with Crippen LogP contribution in [0.3, 0.4) is 0 Å². The molecule has 0 aliphatic carbocycles. The summed E-state index contributed by atoms with van der Waals surface area (Å²) in [6, 6.07) is 9.87. The Morgan fingerprint density at radius 3 is 2.01 bits per heavy atom. The number of carbonyl (C=O) groups excluding carboxylic acids is 9. The largest absolute Gasteiger partial charge is 0.370 e. The number of amides is 7. The lowest BCUT2D eigenvalue weighted by Gasteiger charge is -2.26. The summed E-state index contributed by atoms with van der Waals surface area (Å²) >= 11 is 0. The molecule has 1 fully saturated rings. The topological polar surface area (TPSA) is 340 Å². The Morgan fingerprint density at radius 2 is 1.34 bits per heavy atom. The number of nitrogens with one attached hydrogen (secondary N) is 8. The second kappa shape index (κ2) is 29.0. The molecule has 0 spiro atoms. The zero-order valence-corrected chi connectivity index (χ0v) is 38.6. The van der Waals surface area contributed by atoms with Crippen molar-refractivity contribution in [3.05, 3.63) is 71.3 Å². The van der Waals surface area contributed by atoms with E-state index in [1.54, 1.807) is 30.3 Å². The number of nitrogens with zero attached hydrogens (tertiary/aromatic N) is 1. The second-order valence-corrected chi connectivity index (χ2v) is 16.6. The van der Waals surface area contributed by atoms with Gasteiger partial charge in [0.05, 0.1) is 31.1 Å². The van der Waals surface area contributed by atoms with Crippen LogP contribution in [0.1, 0.15) is 81.9 Å². The van der Waals surface area contributed by atoms with Gasteiger partial charge in [-0.15, -0.1) is 0 Å². The third-order valence-electron chi connectivity index (χ3n) is 10.9. The lowest BCUT2D eigenvalue weighted by molar-refractivity contribution is -0.133. The van der Waals surface area contributed by atoms with Gasteiger partial charge >= 0.3 is 0 Å². The second-order valence-electron chi connectivity index (χ2n) is 16.6. The van der Waals surface area contributed by atoms with Crippen molar-refractivity contribution in [2.24, 2.45) is 22.2 Å². The van der Waals surface area contributed by atoms with E-state index in [2.05, 4.69) is 47.5 Å². The standard InChI is InChI=1S/C46H68N12O9/c1-28-14-16-32(17-15-28)24-36-44(66)58-37(25-31-10-5-4-6-11-31)45(67)57-34(13-9-21-53-46(48)49)43(65)54-29(2)38(60)18-22-50-27-41(63)56-33(42(47)64)12-7-8-20-52-40(62)26-35(55-30(3)59)39(61)19-23-51-36/h4-6,10-11,14-17,29,33-37,50-51H,7-9,12-13,18-27H2,1-3H3,(H2,47,64)(H,52,62)(H,54,65)(H,55,59)(H,56,63)(H,57,67)(H,58,66)(H4,48,49,53)/t29-,33-,34-,35-,36-,37+/m0/s1. The van der Waals surface area contributed by atoms with Crippen molar-refractivity contribution in [2.45, 2.75) is 121 Å². The van der Waals surface area contributed by atoms with Gasteiger partial charge in [0.15, 0.2) is 17.5 Å². The number of guanidine groups is 1. The van der Waals surface area contributed by atoms with Crippen molar-refractivity contribution >= 4 is 58.9 Å². The van der Waals surface area contributed by atoms with E-state index in [-0.39, 0.29) is 95.8 Å². The fourth-order valence-corrected chi connectivity index (χ4v) is 7.14. The molecule has 21 heteroatoms. The quantitative estimate of drug-likeness (QED) is 0.0695. The van der Waals surface area contributed by atoms with Crippen LogP contribution in [0.15, 0.2) is 59.6 Å². The zero-order valence-electron chi connectivity index (χ0n) is 38.6. The van der Waals surface area contributed by atoms with E-state index in [0.29, 0.717) is 18.4 Å². The maximum Gasteiger partial charge on any atom is 0.243 e.